The van der Waals surface area contributed by atoms with Crippen molar-refractivity contribution in [3.63, 3.8) is 0 Å². The van der Waals surface area contributed by atoms with Crippen LogP contribution in [0.2, 0.25) is 0 Å². The molecule has 8 heteroatoms. The summed E-state index contributed by atoms with van der Waals surface area (Å²) in [7, 11) is 0.180. The Morgan fingerprint density at radius 3 is 2.26 bits per heavy atom. The topological polar surface area (TPSA) is 91.7 Å². The molecule has 0 saturated heterocycles. The number of benzene rings is 1. The van der Waals surface area contributed by atoms with Crippen LogP contribution in [0.5, 0.6) is 0 Å². The van der Waals surface area contributed by atoms with Gasteiger partial charge >= 0.3 is 0 Å². The Kier molecular flexibility index (Phi) is 6.46. The molecule has 1 heterocycles. The molecule has 1 amide bonds. The monoisotopic (exact) mass is 393 g/mol. The number of amides is 1. The van der Waals surface area contributed by atoms with E-state index in [1.807, 2.05) is 25.1 Å². The molecule has 0 aliphatic rings. The van der Waals surface area contributed by atoms with Crippen molar-refractivity contribution in [3.05, 3.63) is 54.0 Å². The molecule has 1 atom stereocenters. The Labute approximate surface area is 160 Å². The van der Waals surface area contributed by atoms with E-state index < -0.39 is 15.6 Å². The van der Waals surface area contributed by atoms with E-state index in [2.05, 4.69) is 10.0 Å². The summed E-state index contributed by atoms with van der Waals surface area (Å²) in [6, 6.07) is 9.43. The lowest BCUT2D eigenvalue weighted by Crippen LogP contribution is -2.40. The fourth-order valence-electron chi connectivity index (χ4n) is 2.56. The summed E-state index contributed by atoms with van der Waals surface area (Å²) in [5, 5.41) is 2.86. The Hall–Kier alpha value is -2.16. The second-order valence-corrected chi connectivity index (χ2v) is 9.27. The van der Waals surface area contributed by atoms with Crippen LogP contribution >= 0.6 is 0 Å². The van der Waals surface area contributed by atoms with Crippen molar-refractivity contribution < 1.29 is 17.6 Å². The van der Waals surface area contributed by atoms with E-state index in [-0.39, 0.29) is 16.8 Å². The lowest BCUT2D eigenvalue weighted by atomic mass is 10.1. The molecule has 0 radical (unpaired) electrons. The molecular formula is C19H27N3O4S. The average Bonchev–Trinajstić information content (AvgIpc) is 3.06. The first-order valence-corrected chi connectivity index (χ1v) is 10.1. The van der Waals surface area contributed by atoms with Crippen LogP contribution in [-0.2, 0) is 10.0 Å². The highest BCUT2D eigenvalue weighted by atomic mass is 32.2. The number of rotatable bonds is 7. The van der Waals surface area contributed by atoms with Crippen LogP contribution in [0.1, 0.15) is 42.9 Å². The van der Waals surface area contributed by atoms with Crippen molar-refractivity contribution in [2.75, 3.05) is 20.6 Å². The first kappa shape index (κ1) is 21.1. The van der Waals surface area contributed by atoms with Gasteiger partial charge in [-0.2, -0.15) is 0 Å². The molecule has 148 valence electrons. The fraction of sp³-hybridized carbons (Fsp3) is 0.421. The van der Waals surface area contributed by atoms with Crippen molar-refractivity contribution in [2.45, 2.75) is 37.2 Å². The van der Waals surface area contributed by atoms with Gasteiger partial charge in [-0.25, -0.2) is 13.1 Å². The largest absolute Gasteiger partial charge is 0.468 e. The van der Waals surface area contributed by atoms with E-state index in [1.165, 1.54) is 24.3 Å². The summed E-state index contributed by atoms with van der Waals surface area (Å²) < 4.78 is 32.7. The molecule has 0 saturated carbocycles. The van der Waals surface area contributed by atoms with Gasteiger partial charge < -0.3 is 9.73 Å². The first-order valence-electron chi connectivity index (χ1n) is 8.62. The van der Waals surface area contributed by atoms with Gasteiger partial charge in [-0.15, -0.1) is 0 Å². The molecule has 2 aromatic rings. The van der Waals surface area contributed by atoms with Gasteiger partial charge in [-0.3, -0.25) is 9.69 Å². The molecule has 7 nitrogen and oxygen atoms in total. The number of hydrogen-bond donors (Lipinski definition) is 2. The quantitative estimate of drug-likeness (QED) is 0.754. The predicted octanol–water partition coefficient (Wildman–Crippen LogP) is 2.39. The van der Waals surface area contributed by atoms with E-state index in [9.17, 15) is 13.2 Å². The molecular weight excluding hydrogens is 366 g/mol. The zero-order valence-electron chi connectivity index (χ0n) is 16.3. The Bertz CT molecular complexity index is 851. The normalized spacial score (nSPS) is 13.6. The van der Waals surface area contributed by atoms with Crippen LogP contribution < -0.4 is 10.0 Å². The SMILES string of the molecule is CN(C)C(CNC(=O)c1ccc(S(=O)(=O)NC(C)(C)C)cc1)c1ccco1. The molecule has 2 N–H and O–H groups in total. The van der Waals surface area contributed by atoms with Crippen LogP contribution in [0.3, 0.4) is 0 Å². The van der Waals surface area contributed by atoms with Crippen molar-refractivity contribution >= 4 is 15.9 Å². The van der Waals surface area contributed by atoms with Gasteiger partial charge in [0.1, 0.15) is 5.76 Å². The van der Waals surface area contributed by atoms with E-state index in [0.29, 0.717) is 12.1 Å². The maximum atomic E-state index is 12.4. The molecule has 2 rings (SSSR count). The van der Waals surface area contributed by atoms with Crippen molar-refractivity contribution in [1.82, 2.24) is 14.9 Å². The van der Waals surface area contributed by atoms with Gasteiger partial charge in [-0.1, -0.05) is 0 Å². The molecule has 0 fully saturated rings. The molecule has 0 aliphatic carbocycles. The minimum absolute atomic E-state index is 0.0976. The third-order valence-electron chi connectivity index (χ3n) is 3.82. The van der Waals surface area contributed by atoms with Crippen LogP contribution in [0.25, 0.3) is 0 Å². The molecule has 1 aromatic carbocycles. The van der Waals surface area contributed by atoms with Crippen molar-refractivity contribution in [1.29, 1.82) is 0 Å². The zero-order valence-corrected chi connectivity index (χ0v) is 17.1. The second-order valence-electron chi connectivity index (χ2n) is 7.58. The highest BCUT2D eigenvalue weighted by Gasteiger charge is 2.22. The Morgan fingerprint density at radius 2 is 1.78 bits per heavy atom. The summed E-state index contributed by atoms with van der Waals surface area (Å²) >= 11 is 0. The van der Waals surface area contributed by atoms with E-state index in [4.69, 9.17) is 4.42 Å². The summed E-state index contributed by atoms with van der Waals surface area (Å²) in [6.45, 7) is 5.68. The third-order valence-corrected chi connectivity index (χ3v) is 5.59. The third kappa shape index (κ3) is 5.92. The molecule has 0 aliphatic heterocycles. The molecule has 27 heavy (non-hydrogen) atoms. The maximum Gasteiger partial charge on any atom is 0.251 e. The minimum Gasteiger partial charge on any atom is -0.468 e. The fourth-order valence-corrected chi connectivity index (χ4v) is 3.98. The maximum absolute atomic E-state index is 12.4. The number of likely N-dealkylation sites (N-methyl/N-ethyl adjacent to an activating group) is 1. The van der Waals surface area contributed by atoms with Crippen LogP contribution in [0.4, 0.5) is 0 Å². The van der Waals surface area contributed by atoms with Crippen LogP contribution in [0.15, 0.2) is 52.0 Å². The molecule has 0 bridgehead atoms. The van der Waals surface area contributed by atoms with Gasteiger partial charge in [-0.05, 0) is 71.3 Å². The number of carbonyl (C=O) groups excluding carboxylic acids is 1. The van der Waals surface area contributed by atoms with Crippen molar-refractivity contribution in [2.24, 2.45) is 0 Å². The molecule has 1 unspecified atom stereocenters. The second kappa shape index (κ2) is 8.24. The lowest BCUT2D eigenvalue weighted by molar-refractivity contribution is 0.0939. The minimum atomic E-state index is -3.63. The number of hydrogen-bond acceptors (Lipinski definition) is 5. The van der Waals surface area contributed by atoms with Crippen LogP contribution in [0, 0.1) is 0 Å². The van der Waals surface area contributed by atoms with E-state index in [0.717, 1.165) is 5.76 Å². The van der Waals surface area contributed by atoms with Gasteiger partial charge in [0.05, 0.1) is 17.2 Å². The predicted molar refractivity (Wildman–Crippen MR) is 104 cm³/mol. The molecule has 0 spiro atoms. The number of nitrogens with zero attached hydrogens (tertiary/aromatic N) is 1. The number of sulfonamides is 1. The Balaban J connectivity index is 2.05. The first-order chi connectivity index (χ1) is 12.5. The smallest absolute Gasteiger partial charge is 0.251 e. The van der Waals surface area contributed by atoms with Gasteiger partial charge in [0.2, 0.25) is 10.0 Å². The van der Waals surface area contributed by atoms with E-state index in [1.54, 1.807) is 33.1 Å². The number of carbonyl (C=O) groups is 1. The lowest BCUT2D eigenvalue weighted by Gasteiger charge is -2.22. The highest BCUT2D eigenvalue weighted by molar-refractivity contribution is 7.89. The Morgan fingerprint density at radius 1 is 1.15 bits per heavy atom. The van der Waals surface area contributed by atoms with Crippen LogP contribution in [-0.4, -0.2) is 45.4 Å². The van der Waals surface area contributed by atoms with Gasteiger partial charge in [0.25, 0.3) is 5.91 Å². The molecule has 1 aromatic heterocycles. The number of furan rings is 1. The summed E-state index contributed by atoms with van der Waals surface area (Å²) in [4.78, 5) is 14.5. The number of nitrogens with one attached hydrogen (secondary N) is 2. The van der Waals surface area contributed by atoms with Crippen molar-refractivity contribution in [3.8, 4) is 0 Å². The summed E-state index contributed by atoms with van der Waals surface area (Å²) in [5.41, 5.74) is -0.191. The zero-order chi connectivity index (χ0) is 20.2. The van der Waals surface area contributed by atoms with Gasteiger partial charge in [0.15, 0.2) is 0 Å². The summed E-state index contributed by atoms with van der Waals surface area (Å²) in [6.07, 6.45) is 1.60. The average molecular weight is 394 g/mol. The standard InChI is InChI=1S/C19H27N3O4S/c1-19(2,3)21-27(24,25)15-10-8-14(9-11-15)18(23)20-13-16(22(4)5)17-7-6-12-26-17/h6-12,16,21H,13H2,1-5H3,(H,20,23). The van der Waals surface area contributed by atoms with E-state index >= 15 is 0 Å². The summed E-state index contributed by atoms with van der Waals surface area (Å²) in [5.74, 6) is 0.483. The highest BCUT2D eigenvalue weighted by Crippen LogP contribution is 2.18. The van der Waals surface area contributed by atoms with Gasteiger partial charge in [0, 0.05) is 17.6 Å².